The number of nitrogens with one attached hydrogen (secondary N) is 3. The fourth-order valence-electron chi connectivity index (χ4n) is 4.69. The number of carbonyl (C=O) groups is 1. The SMILES string of the molecule is CC(=O)NC1CCC(n2c(Nc3ccccc3F)nc3cnc(NC4=CC[C@@H](N)C=C4)nc32)CC1. The fourth-order valence-corrected chi connectivity index (χ4v) is 4.69. The van der Waals surface area contributed by atoms with Gasteiger partial charge in [0.2, 0.25) is 17.8 Å². The smallest absolute Gasteiger partial charge is 0.229 e. The maximum absolute atomic E-state index is 14.4. The zero-order valence-corrected chi connectivity index (χ0v) is 19.5. The Bertz CT molecular complexity index is 1290. The van der Waals surface area contributed by atoms with Gasteiger partial charge in [-0.25, -0.2) is 14.4 Å². The van der Waals surface area contributed by atoms with E-state index in [-0.39, 0.29) is 29.8 Å². The van der Waals surface area contributed by atoms with Gasteiger partial charge in [0.1, 0.15) is 11.3 Å². The maximum atomic E-state index is 14.4. The number of nitrogens with zero attached hydrogens (tertiary/aromatic N) is 4. The van der Waals surface area contributed by atoms with Crippen molar-refractivity contribution in [2.75, 3.05) is 10.6 Å². The van der Waals surface area contributed by atoms with E-state index in [0.29, 0.717) is 28.7 Å². The van der Waals surface area contributed by atoms with Crippen LogP contribution in [0.25, 0.3) is 11.2 Å². The van der Waals surface area contributed by atoms with Crippen LogP contribution in [-0.2, 0) is 4.79 Å². The van der Waals surface area contributed by atoms with E-state index >= 15 is 0 Å². The molecule has 2 aliphatic rings. The molecule has 1 amide bonds. The van der Waals surface area contributed by atoms with Crippen molar-refractivity contribution in [1.29, 1.82) is 0 Å². The Balaban J connectivity index is 1.48. The third-order valence-electron chi connectivity index (χ3n) is 6.41. The van der Waals surface area contributed by atoms with E-state index in [1.54, 1.807) is 31.3 Å². The summed E-state index contributed by atoms with van der Waals surface area (Å²) in [5.41, 5.74) is 8.44. The van der Waals surface area contributed by atoms with Crippen LogP contribution >= 0.6 is 0 Å². The lowest BCUT2D eigenvalue weighted by Gasteiger charge is -2.30. The minimum atomic E-state index is -0.358. The number of benzene rings is 1. The summed E-state index contributed by atoms with van der Waals surface area (Å²) >= 11 is 0. The van der Waals surface area contributed by atoms with E-state index < -0.39 is 0 Å². The molecule has 1 atom stereocenters. The number of allylic oxidation sites excluding steroid dienone is 1. The van der Waals surface area contributed by atoms with Crippen LogP contribution in [0.15, 0.2) is 54.4 Å². The Morgan fingerprint density at radius 2 is 1.94 bits per heavy atom. The zero-order valence-electron chi connectivity index (χ0n) is 19.5. The Labute approximate surface area is 202 Å². The number of fused-ring (bicyclic) bond motifs is 1. The van der Waals surface area contributed by atoms with Crippen molar-refractivity contribution < 1.29 is 9.18 Å². The molecule has 1 fully saturated rings. The second-order valence-corrected chi connectivity index (χ2v) is 9.06. The highest BCUT2D eigenvalue weighted by Crippen LogP contribution is 2.35. The second-order valence-electron chi connectivity index (χ2n) is 9.06. The molecule has 2 heterocycles. The van der Waals surface area contributed by atoms with Crippen LogP contribution in [0.3, 0.4) is 0 Å². The van der Waals surface area contributed by atoms with Gasteiger partial charge in [-0.3, -0.25) is 9.36 Å². The van der Waals surface area contributed by atoms with Gasteiger partial charge in [-0.15, -0.1) is 0 Å². The van der Waals surface area contributed by atoms with Crippen molar-refractivity contribution in [1.82, 2.24) is 24.8 Å². The van der Waals surface area contributed by atoms with Gasteiger partial charge >= 0.3 is 0 Å². The number of para-hydroxylation sites is 1. The Morgan fingerprint density at radius 1 is 1.14 bits per heavy atom. The van der Waals surface area contributed by atoms with Gasteiger partial charge in [-0.05, 0) is 50.3 Å². The molecule has 0 spiro atoms. The first-order valence-corrected chi connectivity index (χ1v) is 11.9. The van der Waals surface area contributed by atoms with E-state index in [9.17, 15) is 9.18 Å². The number of rotatable bonds is 6. The maximum Gasteiger partial charge on any atom is 0.229 e. The summed E-state index contributed by atoms with van der Waals surface area (Å²) in [6.07, 6.45) is 11.7. The molecular formula is C25H29FN8O. The Hall–Kier alpha value is -3.79. The molecule has 10 heteroatoms. The minimum Gasteiger partial charge on any atom is -0.354 e. The molecule has 2 aliphatic carbocycles. The third kappa shape index (κ3) is 5.17. The number of imidazole rings is 1. The van der Waals surface area contributed by atoms with Crippen molar-refractivity contribution in [2.45, 2.75) is 57.2 Å². The number of amides is 1. The molecule has 3 aromatic rings. The Kier molecular flexibility index (Phi) is 6.45. The highest BCUT2D eigenvalue weighted by Gasteiger charge is 2.27. The monoisotopic (exact) mass is 476 g/mol. The molecule has 1 saturated carbocycles. The fraction of sp³-hybridized carbons (Fsp3) is 0.360. The van der Waals surface area contributed by atoms with Crippen molar-refractivity contribution in [2.24, 2.45) is 5.73 Å². The molecule has 9 nitrogen and oxygen atoms in total. The van der Waals surface area contributed by atoms with E-state index in [4.69, 9.17) is 15.7 Å². The summed E-state index contributed by atoms with van der Waals surface area (Å²) in [7, 11) is 0. The van der Waals surface area contributed by atoms with E-state index in [2.05, 4.69) is 20.9 Å². The zero-order chi connectivity index (χ0) is 24.4. The molecular weight excluding hydrogens is 447 g/mol. The highest BCUT2D eigenvalue weighted by molar-refractivity contribution is 5.77. The van der Waals surface area contributed by atoms with E-state index in [1.807, 2.05) is 22.8 Å². The van der Waals surface area contributed by atoms with Crippen molar-refractivity contribution in [3.8, 4) is 0 Å². The summed E-state index contributed by atoms with van der Waals surface area (Å²) in [4.78, 5) is 25.4. The lowest BCUT2D eigenvalue weighted by Crippen LogP contribution is -2.36. The average molecular weight is 477 g/mol. The molecule has 0 radical (unpaired) electrons. The highest BCUT2D eigenvalue weighted by atomic mass is 19.1. The lowest BCUT2D eigenvalue weighted by molar-refractivity contribution is -0.119. The number of anilines is 3. The quantitative estimate of drug-likeness (QED) is 0.425. The molecule has 0 aliphatic heterocycles. The summed E-state index contributed by atoms with van der Waals surface area (Å²) in [6, 6.07) is 6.78. The van der Waals surface area contributed by atoms with Gasteiger partial charge in [0, 0.05) is 30.7 Å². The number of halogens is 1. The normalized spacial score (nSPS) is 22.0. The summed E-state index contributed by atoms with van der Waals surface area (Å²) in [6.45, 7) is 1.54. The number of hydrogen-bond donors (Lipinski definition) is 4. The first-order chi connectivity index (χ1) is 17.0. The molecule has 2 aromatic heterocycles. The first-order valence-electron chi connectivity index (χ1n) is 11.9. The van der Waals surface area contributed by atoms with Crippen molar-refractivity contribution in [3.05, 3.63) is 60.2 Å². The van der Waals surface area contributed by atoms with Crippen molar-refractivity contribution >= 4 is 34.7 Å². The Morgan fingerprint density at radius 3 is 2.66 bits per heavy atom. The van der Waals surface area contributed by atoms with Gasteiger partial charge in [-0.2, -0.15) is 4.98 Å². The molecule has 182 valence electrons. The summed E-state index contributed by atoms with van der Waals surface area (Å²) < 4.78 is 16.5. The van der Waals surface area contributed by atoms with Crippen LogP contribution in [0.2, 0.25) is 0 Å². The van der Waals surface area contributed by atoms with Crippen LogP contribution in [0.5, 0.6) is 0 Å². The molecule has 0 saturated heterocycles. The number of carbonyl (C=O) groups excluding carboxylic acids is 1. The molecule has 5 N–H and O–H groups in total. The molecule has 5 rings (SSSR count). The van der Waals surface area contributed by atoms with E-state index in [0.717, 1.165) is 37.8 Å². The summed E-state index contributed by atoms with van der Waals surface area (Å²) in [5.74, 6) is 0.596. The summed E-state index contributed by atoms with van der Waals surface area (Å²) in [5, 5.41) is 9.43. The minimum absolute atomic E-state index is 0.0149. The molecule has 0 bridgehead atoms. The largest absolute Gasteiger partial charge is 0.354 e. The lowest BCUT2D eigenvalue weighted by atomic mass is 9.91. The van der Waals surface area contributed by atoms with Crippen LogP contribution in [0, 0.1) is 5.82 Å². The standard InChI is InChI=1S/C25H29FN8O/c1-15(35)29-17-10-12-19(13-11-17)34-23-22(32-25(34)31-21-5-3-2-4-20(21)26)14-28-24(33-23)30-18-8-6-16(27)7-9-18/h2-6,8-9,14,16-17,19H,7,10-13,27H2,1H3,(H,29,35)(H,31,32)(H,28,30,33)/t16-,17?,19?/m0/s1. The van der Waals surface area contributed by atoms with Crippen LogP contribution < -0.4 is 21.7 Å². The second kappa shape index (κ2) is 9.83. The molecule has 0 unspecified atom stereocenters. The third-order valence-corrected chi connectivity index (χ3v) is 6.41. The number of hydrogen-bond acceptors (Lipinski definition) is 7. The van der Waals surface area contributed by atoms with Gasteiger partial charge in [-0.1, -0.05) is 24.3 Å². The first kappa shape index (κ1) is 23.0. The van der Waals surface area contributed by atoms with E-state index in [1.165, 1.54) is 6.07 Å². The predicted octanol–water partition coefficient (Wildman–Crippen LogP) is 3.91. The van der Waals surface area contributed by atoms with Crippen LogP contribution in [0.4, 0.5) is 22.0 Å². The van der Waals surface area contributed by atoms with Gasteiger partial charge in [0.05, 0.1) is 11.9 Å². The molecule has 1 aromatic carbocycles. The average Bonchev–Trinajstić information content (AvgIpc) is 3.19. The van der Waals surface area contributed by atoms with Crippen molar-refractivity contribution in [3.63, 3.8) is 0 Å². The van der Waals surface area contributed by atoms with Crippen LogP contribution in [-0.4, -0.2) is 37.5 Å². The van der Waals surface area contributed by atoms with Gasteiger partial charge in [0.25, 0.3) is 0 Å². The number of nitrogens with two attached hydrogens (primary N) is 1. The van der Waals surface area contributed by atoms with Gasteiger partial charge in [0.15, 0.2) is 5.65 Å². The number of aromatic nitrogens is 4. The van der Waals surface area contributed by atoms with Crippen LogP contribution in [0.1, 0.15) is 45.1 Å². The topological polar surface area (TPSA) is 123 Å². The molecule has 35 heavy (non-hydrogen) atoms. The van der Waals surface area contributed by atoms with Gasteiger partial charge < -0.3 is 21.7 Å². The predicted molar refractivity (Wildman–Crippen MR) is 134 cm³/mol.